The lowest BCUT2D eigenvalue weighted by molar-refractivity contribution is -0.132. The average Bonchev–Trinajstić information content (AvgIpc) is 2.95. The molecule has 1 aliphatic rings. The van der Waals surface area contributed by atoms with Crippen LogP contribution in [0.25, 0.3) is 0 Å². The van der Waals surface area contributed by atoms with E-state index in [2.05, 4.69) is 0 Å². The van der Waals surface area contributed by atoms with E-state index < -0.39 is 0 Å². The molecule has 0 saturated carbocycles. The van der Waals surface area contributed by atoms with E-state index in [1.807, 2.05) is 18.4 Å². The van der Waals surface area contributed by atoms with E-state index in [1.165, 1.54) is 11.3 Å². The van der Waals surface area contributed by atoms with E-state index in [9.17, 15) is 9.59 Å². The van der Waals surface area contributed by atoms with Crippen molar-refractivity contribution in [1.29, 1.82) is 0 Å². The van der Waals surface area contributed by atoms with Crippen LogP contribution in [-0.2, 0) is 4.79 Å². The van der Waals surface area contributed by atoms with Gasteiger partial charge in [-0.1, -0.05) is 0 Å². The van der Waals surface area contributed by atoms with Gasteiger partial charge < -0.3 is 9.80 Å². The topological polar surface area (TPSA) is 40.6 Å². The fourth-order valence-corrected chi connectivity index (χ4v) is 3.17. The third-order valence-corrected chi connectivity index (χ3v) is 4.30. The Labute approximate surface area is 111 Å². The number of carbonyl (C=O) groups excluding carboxylic acids is 2. The van der Waals surface area contributed by atoms with E-state index in [-0.39, 0.29) is 17.9 Å². The molecule has 2 rings (SSSR count). The summed E-state index contributed by atoms with van der Waals surface area (Å²) in [5.41, 5.74) is 0.993. The van der Waals surface area contributed by atoms with Crippen molar-refractivity contribution in [3.8, 4) is 0 Å². The summed E-state index contributed by atoms with van der Waals surface area (Å²) < 4.78 is 0. The molecule has 4 nitrogen and oxygen atoms in total. The summed E-state index contributed by atoms with van der Waals surface area (Å²) in [6.07, 6.45) is 1.67. The van der Waals surface area contributed by atoms with Crippen LogP contribution < -0.4 is 0 Å². The molecule has 98 valence electrons. The zero-order valence-electron chi connectivity index (χ0n) is 11.0. The highest BCUT2D eigenvalue weighted by atomic mass is 32.1. The van der Waals surface area contributed by atoms with Crippen molar-refractivity contribution >= 4 is 23.2 Å². The number of aryl methyl sites for hydroxylation is 1. The summed E-state index contributed by atoms with van der Waals surface area (Å²) in [6.45, 7) is 2.61. The molecule has 1 aliphatic heterocycles. The molecule has 0 aliphatic carbocycles. The maximum absolute atomic E-state index is 12.4. The first-order chi connectivity index (χ1) is 8.52. The lowest BCUT2D eigenvalue weighted by atomic mass is 10.2. The van der Waals surface area contributed by atoms with Gasteiger partial charge in [-0.05, 0) is 36.8 Å². The molecule has 0 aromatic carbocycles. The summed E-state index contributed by atoms with van der Waals surface area (Å²) in [6, 6.07) is 1.66. The van der Waals surface area contributed by atoms with Gasteiger partial charge in [0.1, 0.15) is 6.04 Å². The Morgan fingerprint density at radius 2 is 2.17 bits per heavy atom. The second kappa shape index (κ2) is 5.10. The van der Waals surface area contributed by atoms with Gasteiger partial charge in [-0.25, -0.2) is 0 Å². The predicted molar refractivity (Wildman–Crippen MR) is 71.8 cm³/mol. The van der Waals surface area contributed by atoms with Crippen molar-refractivity contribution in [3.05, 3.63) is 21.9 Å². The zero-order chi connectivity index (χ0) is 13.3. The first kappa shape index (κ1) is 13.1. The Balaban J connectivity index is 2.20. The van der Waals surface area contributed by atoms with Gasteiger partial charge in [0.25, 0.3) is 5.91 Å². The smallest absolute Gasteiger partial charge is 0.264 e. The molecule has 1 fully saturated rings. The van der Waals surface area contributed by atoms with E-state index in [4.69, 9.17) is 0 Å². The summed E-state index contributed by atoms with van der Waals surface area (Å²) in [7, 11) is 3.47. The molecule has 2 amide bonds. The Morgan fingerprint density at radius 1 is 1.44 bits per heavy atom. The van der Waals surface area contributed by atoms with Crippen LogP contribution in [0.4, 0.5) is 0 Å². The summed E-state index contributed by atoms with van der Waals surface area (Å²) in [5, 5.41) is 1.92. The number of rotatable bonds is 2. The monoisotopic (exact) mass is 266 g/mol. The van der Waals surface area contributed by atoms with Crippen LogP contribution >= 0.6 is 11.3 Å². The van der Waals surface area contributed by atoms with Gasteiger partial charge in [-0.15, -0.1) is 11.3 Å². The van der Waals surface area contributed by atoms with Gasteiger partial charge in [0.2, 0.25) is 5.91 Å². The fourth-order valence-electron chi connectivity index (χ4n) is 2.29. The molecule has 0 bridgehead atoms. The molecule has 0 radical (unpaired) electrons. The zero-order valence-corrected chi connectivity index (χ0v) is 11.8. The summed E-state index contributed by atoms with van der Waals surface area (Å²) >= 11 is 1.45. The van der Waals surface area contributed by atoms with Crippen LogP contribution in [0.2, 0.25) is 0 Å². The molecular weight excluding hydrogens is 248 g/mol. The maximum atomic E-state index is 12.4. The van der Waals surface area contributed by atoms with Crippen LogP contribution in [0, 0.1) is 6.92 Å². The van der Waals surface area contributed by atoms with E-state index in [0.29, 0.717) is 6.54 Å². The molecular formula is C13H18N2O2S. The first-order valence-electron chi connectivity index (χ1n) is 6.08. The Morgan fingerprint density at radius 3 is 2.72 bits per heavy atom. The van der Waals surface area contributed by atoms with Gasteiger partial charge in [0.15, 0.2) is 0 Å². The number of hydrogen-bond donors (Lipinski definition) is 0. The third kappa shape index (κ3) is 2.27. The number of hydrogen-bond acceptors (Lipinski definition) is 3. The van der Waals surface area contributed by atoms with Gasteiger partial charge in [-0.2, -0.15) is 0 Å². The third-order valence-electron chi connectivity index (χ3n) is 3.30. The number of likely N-dealkylation sites (tertiary alicyclic amines) is 1. The fraction of sp³-hybridized carbons (Fsp3) is 0.538. The summed E-state index contributed by atoms with van der Waals surface area (Å²) in [4.78, 5) is 28.5. The van der Waals surface area contributed by atoms with Gasteiger partial charge in [0.05, 0.1) is 4.88 Å². The van der Waals surface area contributed by atoms with E-state index >= 15 is 0 Å². The standard InChI is InChI=1S/C13H18N2O2S/c1-9-6-8-18-11(9)13(17)15-7-4-5-10(15)12(16)14(2)3/h6,8,10H,4-5,7H2,1-3H3. The van der Waals surface area contributed by atoms with Crippen molar-refractivity contribution in [3.63, 3.8) is 0 Å². The normalized spacial score (nSPS) is 19.1. The van der Waals surface area contributed by atoms with Crippen molar-refractivity contribution in [1.82, 2.24) is 9.80 Å². The van der Waals surface area contributed by atoms with Crippen molar-refractivity contribution in [2.24, 2.45) is 0 Å². The van der Waals surface area contributed by atoms with E-state index in [0.717, 1.165) is 23.3 Å². The highest BCUT2D eigenvalue weighted by molar-refractivity contribution is 7.12. The Hall–Kier alpha value is -1.36. The second-order valence-electron chi connectivity index (χ2n) is 4.82. The lowest BCUT2D eigenvalue weighted by Gasteiger charge is -2.26. The Kier molecular flexibility index (Phi) is 3.71. The van der Waals surface area contributed by atoms with Gasteiger partial charge >= 0.3 is 0 Å². The van der Waals surface area contributed by atoms with Crippen LogP contribution in [-0.4, -0.2) is 48.3 Å². The minimum Gasteiger partial charge on any atom is -0.347 e. The maximum Gasteiger partial charge on any atom is 0.264 e. The largest absolute Gasteiger partial charge is 0.347 e. The molecule has 1 saturated heterocycles. The molecule has 18 heavy (non-hydrogen) atoms. The number of likely N-dealkylation sites (N-methyl/N-ethyl adjacent to an activating group) is 1. The van der Waals surface area contributed by atoms with Crippen LogP contribution in [0.5, 0.6) is 0 Å². The first-order valence-corrected chi connectivity index (χ1v) is 6.96. The predicted octanol–water partition coefficient (Wildman–Crippen LogP) is 1.75. The second-order valence-corrected chi connectivity index (χ2v) is 5.74. The molecule has 2 heterocycles. The minimum atomic E-state index is -0.283. The number of thiophene rings is 1. The van der Waals surface area contributed by atoms with E-state index in [1.54, 1.807) is 23.9 Å². The Bertz CT molecular complexity index is 467. The molecule has 1 aromatic rings. The van der Waals surface area contributed by atoms with Gasteiger partial charge in [0, 0.05) is 20.6 Å². The highest BCUT2D eigenvalue weighted by Gasteiger charge is 2.35. The molecule has 1 aromatic heterocycles. The molecule has 0 spiro atoms. The van der Waals surface area contributed by atoms with Gasteiger partial charge in [-0.3, -0.25) is 9.59 Å². The van der Waals surface area contributed by atoms with Crippen molar-refractivity contribution in [2.75, 3.05) is 20.6 Å². The van der Waals surface area contributed by atoms with Crippen molar-refractivity contribution in [2.45, 2.75) is 25.8 Å². The van der Waals surface area contributed by atoms with Crippen LogP contribution in [0.15, 0.2) is 11.4 Å². The van der Waals surface area contributed by atoms with Crippen LogP contribution in [0.3, 0.4) is 0 Å². The number of carbonyl (C=O) groups is 2. The number of nitrogens with zero attached hydrogens (tertiary/aromatic N) is 2. The molecule has 1 unspecified atom stereocenters. The molecule has 1 atom stereocenters. The molecule has 0 N–H and O–H groups in total. The highest BCUT2D eigenvalue weighted by Crippen LogP contribution is 2.25. The minimum absolute atomic E-state index is 0.000185. The van der Waals surface area contributed by atoms with Crippen molar-refractivity contribution < 1.29 is 9.59 Å². The quantitative estimate of drug-likeness (QED) is 0.818. The summed E-state index contributed by atoms with van der Waals surface area (Å²) in [5.74, 6) is 0.0234. The molecule has 5 heteroatoms. The number of amides is 2. The SMILES string of the molecule is Cc1ccsc1C(=O)N1CCCC1C(=O)N(C)C. The van der Waals surface area contributed by atoms with Crippen LogP contribution in [0.1, 0.15) is 28.1 Å². The lowest BCUT2D eigenvalue weighted by Crippen LogP contribution is -2.45. The average molecular weight is 266 g/mol.